The average molecular weight is 282 g/mol. The van der Waals surface area contributed by atoms with E-state index in [-0.39, 0.29) is 5.54 Å². The molecular weight excluding hydrogens is 248 g/mol. The summed E-state index contributed by atoms with van der Waals surface area (Å²) in [5.74, 6) is 0.959. The molecule has 0 bridgehead atoms. The SMILES string of the molecule is CCC1CCC(N(C)C2(CN)CC(C)OC(C)C2)CC1. The molecule has 0 aromatic carbocycles. The molecule has 0 aromatic rings. The van der Waals surface area contributed by atoms with Crippen molar-refractivity contribution >= 4 is 0 Å². The Bertz CT molecular complexity index is 289. The lowest BCUT2D eigenvalue weighted by Crippen LogP contribution is -2.61. The van der Waals surface area contributed by atoms with Gasteiger partial charge in [-0.15, -0.1) is 0 Å². The van der Waals surface area contributed by atoms with Crippen LogP contribution in [0.25, 0.3) is 0 Å². The number of hydrogen-bond acceptors (Lipinski definition) is 3. The van der Waals surface area contributed by atoms with Gasteiger partial charge in [-0.1, -0.05) is 13.3 Å². The molecule has 2 unspecified atom stereocenters. The minimum Gasteiger partial charge on any atom is -0.375 e. The molecule has 0 amide bonds. The number of nitrogens with zero attached hydrogens (tertiary/aromatic N) is 1. The van der Waals surface area contributed by atoms with E-state index >= 15 is 0 Å². The zero-order chi connectivity index (χ0) is 14.8. The van der Waals surface area contributed by atoms with Crippen molar-refractivity contribution in [3.63, 3.8) is 0 Å². The molecule has 0 spiro atoms. The summed E-state index contributed by atoms with van der Waals surface area (Å²) in [6.45, 7) is 7.48. The van der Waals surface area contributed by atoms with Gasteiger partial charge in [0.25, 0.3) is 0 Å². The maximum absolute atomic E-state index is 6.23. The first-order valence-electron chi connectivity index (χ1n) is 8.59. The fraction of sp³-hybridized carbons (Fsp3) is 1.00. The third-order valence-electron chi connectivity index (χ3n) is 5.87. The van der Waals surface area contributed by atoms with Crippen molar-refractivity contribution in [2.24, 2.45) is 11.7 Å². The molecular formula is C17H34N2O. The normalized spacial score (nSPS) is 42.9. The van der Waals surface area contributed by atoms with E-state index in [0.29, 0.717) is 12.2 Å². The third kappa shape index (κ3) is 3.37. The van der Waals surface area contributed by atoms with Crippen molar-refractivity contribution < 1.29 is 4.74 Å². The van der Waals surface area contributed by atoms with Crippen molar-refractivity contribution in [2.45, 2.75) is 89.5 Å². The van der Waals surface area contributed by atoms with E-state index in [1.165, 1.54) is 32.1 Å². The number of hydrogen-bond donors (Lipinski definition) is 1. The van der Waals surface area contributed by atoms with Gasteiger partial charge in [-0.3, -0.25) is 4.90 Å². The van der Waals surface area contributed by atoms with Gasteiger partial charge in [0.2, 0.25) is 0 Å². The molecule has 20 heavy (non-hydrogen) atoms. The molecule has 2 atom stereocenters. The van der Waals surface area contributed by atoms with E-state index in [9.17, 15) is 0 Å². The molecule has 2 rings (SSSR count). The summed E-state index contributed by atoms with van der Waals surface area (Å²) >= 11 is 0. The predicted octanol–water partition coefficient (Wildman–Crippen LogP) is 3.17. The van der Waals surface area contributed by atoms with Crippen LogP contribution in [0.3, 0.4) is 0 Å². The number of ether oxygens (including phenoxy) is 1. The van der Waals surface area contributed by atoms with Gasteiger partial charge >= 0.3 is 0 Å². The van der Waals surface area contributed by atoms with Crippen LogP contribution in [0.2, 0.25) is 0 Å². The van der Waals surface area contributed by atoms with Gasteiger partial charge < -0.3 is 10.5 Å². The van der Waals surface area contributed by atoms with Crippen LogP contribution in [-0.2, 0) is 4.74 Å². The second kappa shape index (κ2) is 6.76. The highest BCUT2D eigenvalue weighted by atomic mass is 16.5. The molecule has 2 fully saturated rings. The standard InChI is InChI=1S/C17H34N2O/c1-5-15-6-8-16(9-7-15)19(4)17(12-18)10-13(2)20-14(3)11-17/h13-16H,5-12,18H2,1-4H3. The van der Waals surface area contributed by atoms with Gasteiger partial charge in [-0.2, -0.15) is 0 Å². The van der Waals surface area contributed by atoms with E-state index in [1.54, 1.807) is 0 Å². The van der Waals surface area contributed by atoms with Crippen LogP contribution in [0.1, 0.15) is 65.7 Å². The highest BCUT2D eigenvalue weighted by molar-refractivity contribution is 4.99. The summed E-state index contributed by atoms with van der Waals surface area (Å²) < 4.78 is 5.93. The Labute approximate surface area is 125 Å². The van der Waals surface area contributed by atoms with Crippen LogP contribution in [0.15, 0.2) is 0 Å². The summed E-state index contributed by atoms with van der Waals surface area (Å²) in [4.78, 5) is 2.63. The molecule has 1 heterocycles. The van der Waals surface area contributed by atoms with Gasteiger partial charge in [0.15, 0.2) is 0 Å². The molecule has 3 nitrogen and oxygen atoms in total. The smallest absolute Gasteiger partial charge is 0.0568 e. The summed E-state index contributed by atoms with van der Waals surface area (Å²) in [6, 6.07) is 0.721. The van der Waals surface area contributed by atoms with Crippen LogP contribution in [-0.4, -0.2) is 42.3 Å². The Kier molecular flexibility index (Phi) is 5.49. The third-order valence-corrected chi connectivity index (χ3v) is 5.87. The summed E-state index contributed by atoms with van der Waals surface area (Å²) in [6.07, 6.45) is 9.66. The number of likely N-dealkylation sites (N-methyl/N-ethyl adjacent to an activating group) is 1. The van der Waals surface area contributed by atoms with E-state index in [0.717, 1.165) is 31.3 Å². The molecule has 118 valence electrons. The highest BCUT2D eigenvalue weighted by Gasteiger charge is 2.43. The van der Waals surface area contributed by atoms with Gasteiger partial charge in [0.05, 0.1) is 12.2 Å². The van der Waals surface area contributed by atoms with Crippen molar-refractivity contribution in [3.8, 4) is 0 Å². The first-order chi connectivity index (χ1) is 9.50. The molecule has 1 saturated heterocycles. The first-order valence-corrected chi connectivity index (χ1v) is 8.59. The van der Waals surface area contributed by atoms with Gasteiger partial charge in [0, 0.05) is 18.1 Å². The monoisotopic (exact) mass is 282 g/mol. The highest BCUT2D eigenvalue weighted by Crippen LogP contribution is 2.38. The quantitative estimate of drug-likeness (QED) is 0.860. The lowest BCUT2D eigenvalue weighted by atomic mass is 9.78. The fourth-order valence-electron chi connectivity index (χ4n) is 4.57. The Morgan fingerprint density at radius 2 is 1.65 bits per heavy atom. The summed E-state index contributed by atoms with van der Waals surface area (Å²) in [5, 5.41) is 0. The Morgan fingerprint density at radius 1 is 1.10 bits per heavy atom. The van der Waals surface area contributed by atoms with E-state index < -0.39 is 0 Å². The first kappa shape index (κ1) is 16.3. The van der Waals surface area contributed by atoms with Crippen molar-refractivity contribution in [2.75, 3.05) is 13.6 Å². The molecule has 2 N–H and O–H groups in total. The molecule has 0 aromatic heterocycles. The Morgan fingerprint density at radius 3 is 2.10 bits per heavy atom. The largest absolute Gasteiger partial charge is 0.375 e. The van der Waals surface area contributed by atoms with E-state index in [4.69, 9.17) is 10.5 Å². The van der Waals surface area contributed by atoms with Gasteiger partial charge in [0.1, 0.15) is 0 Å². The van der Waals surface area contributed by atoms with Gasteiger partial charge in [-0.05, 0) is 65.3 Å². The van der Waals surface area contributed by atoms with Crippen molar-refractivity contribution in [3.05, 3.63) is 0 Å². The molecule has 0 radical (unpaired) electrons. The van der Waals surface area contributed by atoms with Gasteiger partial charge in [-0.25, -0.2) is 0 Å². The molecule has 3 heteroatoms. The maximum atomic E-state index is 6.23. The summed E-state index contributed by atoms with van der Waals surface area (Å²) in [5.41, 5.74) is 6.38. The fourth-order valence-corrected chi connectivity index (χ4v) is 4.57. The average Bonchev–Trinajstić information content (AvgIpc) is 2.45. The second-order valence-corrected chi connectivity index (χ2v) is 7.29. The zero-order valence-corrected chi connectivity index (χ0v) is 13.9. The maximum Gasteiger partial charge on any atom is 0.0568 e. The van der Waals surface area contributed by atoms with Crippen LogP contribution < -0.4 is 5.73 Å². The number of rotatable bonds is 4. The van der Waals surface area contributed by atoms with E-state index in [2.05, 4.69) is 32.7 Å². The van der Waals surface area contributed by atoms with Crippen molar-refractivity contribution in [1.82, 2.24) is 4.90 Å². The van der Waals surface area contributed by atoms with E-state index in [1.807, 2.05) is 0 Å². The Balaban J connectivity index is 2.03. The Hall–Kier alpha value is -0.120. The lowest BCUT2D eigenvalue weighted by molar-refractivity contribution is -0.109. The van der Waals surface area contributed by atoms with Crippen LogP contribution in [0.5, 0.6) is 0 Å². The van der Waals surface area contributed by atoms with Crippen LogP contribution in [0.4, 0.5) is 0 Å². The minimum absolute atomic E-state index is 0.154. The second-order valence-electron chi connectivity index (χ2n) is 7.29. The predicted molar refractivity (Wildman–Crippen MR) is 84.8 cm³/mol. The van der Waals surface area contributed by atoms with Crippen LogP contribution >= 0.6 is 0 Å². The minimum atomic E-state index is 0.154. The number of nitrogens with two attached hydrogens (primary N) is 1. The zero-order valence-electron chi connectivity index (χ0n) is 13.9. The lowest BCUT2D eigenvalue weighted by Gasteiger charge is -2.52. The molecule has 2 aliphatic rings. The molecule has 1 aliphatic carbocycles. The molecule has 1 saturated carbocycles. The topological polar surface area (TPSA) is 38.5 Å². The van der Waals surface area contributed by atoms with Crippen molar-refractivity contribution in [1.29, 1.82) is 0 Å². The van der Waals surface area contributed by atoms with Crippen LogP contribution in [0, 0.1) is 5.92 Å². The molecule has 1 aliphatic heterocycles. The summed E-state index contributed by atoms with van der Waals surface area (Å²) in [7, 11) is 2.31.